The van der Waals surface area contributed by atoms with E-state index in [1.54, 1.807) is 6.92 Å². The highest BCUT2D eigenvalue weighted by Crippen LogP contribution is 2.02. The summed E-state index contributed by atoms with van der Waals surface area (Å²) < 4.78 is 4.52. The second kappa shape index (κ2) is 6.76. The first-order chi connectivity index (χ1) is 8.54. The number of nitrogens with two attached hydrogens (primary N) is 1. The van der Waals surface area contributed by atoms with E-state index < -0.39 is 18.1 Å². The van der Waals surface area contributed by atoms with Crippen molar-refractivity contribution < 1.29 is 14.3 Å². The van der Waals surface area contributed by atoms with Gasteiger partial charge in [0.15, 0.2) is 0 Å². The molecule has 1 rings (SSSR count). The zero-order valence-electron chi connectivity index (χ0n) is 10.6. The predicted molar refractivity (Wildman–Crippen MR) is 67.7 cm³/mol. The average molecular weight is 250 g/mol. The van der Waals surface area contributed by atoms with Crippen LogP contribution >= 0.6 is 0 Å². The van der Waals surface area contributed by atoms with Gasteiger partial charge in [0.1, 0.15) is 6.04 Å². The van der Waals surface area contributed by atoms with E-state index in [4.69, 9.17) is 5.73 Å². The van der Waals surface area contributed by atoms with Gasteiger partial charge in [-0.25, -0.2) is 4.79 Å². The van der Waals surface area contributed by atoms with E-state index in [2.05, 4.69) is 10.1 Å². The Balaban J connectivity index is 2.49. The minimum Gasteiger partial charge on any atom is -0.467 e. The lowest BCUT2D eigenvalue weighted by atomic mass is 10.1. The van der Waals surface area contributed by atoms with Crippen molar-refractivity contribution in [2.45, 2.75) is 25.4 Å². The summed E-state index contributed by atoms with van der Waals surface area (Å²) in [6, 6.07) is 8.10. The third-order valence-electron chi connectivity index (χ3n) is 2.55. The molecule has 0 saturated carbocycles. The van der Waals surface area contributed by atoms with Crippen LogP contribution in [-0.2, 0) is 20.7 Å². The third kappa shape index (κ3) is 4.18. The number of hydrogen-bond acceptors (Lipinski definition) is 4. The Morgan fingerprint density at radius 1 is 1.33 bits per heavy atom. The van der Waals surface area contributed by atoms with Crippen molar-refractivity contribution in [1.82, 2.24) is 5.32 Å². The van der Waals surface area contributed by atoms with Crippen LogP contribution in [0.3, 0.4) is 0 Å². The Bertz CT molecular complexity index is 406. The molecule has 1 amide bonds. The lowest BCUT2D eigenvalue weighted by Crippen LogP contribution is -2.48. The first-order valence-corrected chi connectivity index (χ1v) is 5.72. The lowest BCUT2D eigenvalue weighted by Gasteiger charge is -2.15. The number of methoxy groups -OCH3 is 1. The van der Waals surface area contributed by atoms with Gasteiger partial charge in [-0.15, -0.1) is 0 Å². The third-order valence-corrected chi connectivity index (χ3v) is 2.55. The maximum atomic E-state index is 11.7. The molecule has 0 spiro atoms. The first-order valence-electron chi connectivity index (χ1n) is 5.72. The number of ether oxygens (including phenoxy) is 1. The van der Waals surface area contributed by atoms with Crippen molar-refractivity contribution >= 4 is 11.9 Å². The van der Waals surface area contributed by atoms with Crippen molar-refractivity contribution in [2.24, 2.45) is 5.73 Å². The number of amides is 1. The minimum absolute atomic E-state index is 0.364. The highest BCUT2D eigenvalue weighted by molar-refractivity contribution is 5.87. The van der Waals surface area contributed by atoms with Gasteiger partial charge in [0, 0.05) is 0 Å². The summed E-state index contributed by atoms with van der Waals surface area (Å²) in [5.41, 5.74) is 6.75. The Morgan fingerprint density at radius 2 is 1.94 bits per heavy atom. The molecule has 1 unspecified atom stereocenters. The molecular formula is C13H18N2O3. The zero-order chi connectivity index (χ0) is 13.5. The van der Waals surface area contributed by atoms with Gasteiger partial charge in [-0.05, 0) is 18.9 Å². The topological polar surface area (TPSA) is 81.4 Å². The van der Waals surface area contributed by atoms with E-state index in [1.165, 1.54) is 7.11 Å². The van der Waals surface area contributed by atoms with E-state index in [0.717, 1.165) is 5.56 Å². The molecule has 1 aromatic carbocycles. The normalized spacial score (nSPS) is 13.5. The van der Waals surface area contributed by atoms with E-state index in [0.29, 0.717) is 6.42 Å². The second-order valence-corrected chi connectivity index (χ2v) is 4.05. The quantitative estimate of drug-likeness (QED) is 0.733. The van der Waals surface area contributed by atoms with Crippen LogP contribution < -0.4 is 11.1 Å². The Kier molecular flexibility index (Phi) is 5.32. The molecule has 1 aromatic rings. The molecule has 0 aliphatic heterocycles. The molecule has 0 radical (unpaired) electrons. The number of carbonyl (C=O) groups is 2. The van der Waals surface area contributed by atoms with Crippen LogP contribution in [-0.4, -0.2) is 31.1 Å². The van der Waals surface area contributed by atoms with Crippen molar-refractivity contribution in [1.29, 1.82) is 0 Å². The van der Waals surface area contributed by atoms with Crippen molar-refractivity contribution in [3.05, 3.63) is 35.9 Å². The molecule has 5 heteroatoms. The number of rotatable bonds is 5. The van der Waals surface area contributed by atoms with Crippen LogP contribution in [0.4, 0.5) is 0 Å². The molecule has 0 heterocycles. The first kappa shape index (κ1) is 14.2. The van der Waals surface area contributed by atoms with E-state index in [9.17, 15) is 9.59 Å². The lowest BCUT2D eigenvalue weighted by molar-refractivity contribution is -0.144. The second-order valence-electron chi connectivity index (χ2n) is 4.05. The molecule has 0 aromatic heterocycles. The molecule has 2 atom stereocenters. The number of benzene rings is 1. The Morgan fingerprint density at radius 3 is 2.50 bits per heavy atom. The van der Waals surface area contributed by atoms with Crippen LogP contribution in [0, 0.1) is 0 Å². The summed E-state index contributed by atoms with van der Waals surface area (Å²) in [6.07, 6.45) is 0.431. The van der Waals surface area contributed by atoms with Crippen molar-refractivity contribution in [2.75, 3.05) is 7.11 Å². The molecule has 0 bridgehead atoms. The summed E-state index contributed by atoms with van der Waals surface area (Å²) >= 11 is 0. The number of carbonyl (C=O) groups excluding carboxylic acids is 2. The van der Waals surface area contributed by atoms with Gasteiger partial charge in [-0.2, -0.15) is 0 Å². The molecule has 3 N–H and O–H groups in total. The van der Waals surface area contributed by atoms with Gasteiger partial charge in [0.05, 0.1) is 13.2 Å². The molecular weight excluding hydrogens is 232 g/mol. The van der Waals surface area contributed by atoms with Crippen molar-refractivity contribution in [3.8, 4) is 0 Å². The smallest absolute Gasteiger partial charge is 0.328 e. The SMILES string of the molecule is COC(=O)[C@H](C)NC(=O)C(N)Cc1ccccc1. The monoisotopic (exact) mass is 250 g/mol. The Labute approximate surface area is 106 Å². The molecule has 0 saturated heterocycles. The summed E-state index contributed by atoms with van der Waals surface area (Å²) in [5, 5.41) is 2.51. The summed E-state index contributed by atoms with van der Waals surface area (Å²) in [6.45, 7) is 1.55. The summed E-state index contributed by atoms with van der Waals surface area (Å²) in [7, 11) is 1.27. The van der Waals surface area contributed by atoms with E-state index in [-0.39, 0.29) is 5.91 Å². The van der Waals surface area contributed by atoms with Crippen LogP contribution in [0.5, 0.6) is 0 Å². The van der Waals surface area contributed by atoms with Gasteiger partial charge >= 0.3 is 5.97 Å². The van der Waals surface area contributed by atoms with Gasteiger partial charge in [-0.3, -0.25) is 4.79 Å². The molecule has 0 aliphatic carbocycles. The average Bonchev–Trinajstić information content (AvgIpc) is 2.38. The fourth-order valence-corrected chi connectivity index (χ4v) is 1.52. The van der Waals surface area contributed by atoms with Crippen LogP contribution in [0.2, 0.25) is 0 Å². The minimum atomic E-state index is -0.690. The molecule has 5 nitrogen and oxygen atoms in total. The van der Waals surface area contributed by atoms with Gasteiger partial charge in [0.25, 0.3) is 0 Å². The molecule has 0 fully saturated rings. The van der Waals surface area contributed by atoms with Crippen LogP contribution in [0.15, 0.2) is 30.3 Å². The van der Waals surface area contributed by atoms with Gasteiger partial charge in [0.2, 0.25) is 5.91 Å². The number of hydrogen-bond donors (Lipinski definition) is 2. The van der Waals surface area contributed by atoms with Gasteiger partial charge < -0.3 is 15.8 Å². The molecule has 98 valence electrons. The highest BCUT2D eigenvalue weighted by atomic mass is 16.5. The zero-order valence-corrected chi connectivity index (χ0v) is 10.6. The fraction of sp³-hybridized carbons (Fsp3) is 0.385. The fourth-order valence-electron chi connectivity index (χ4n) is 1.52. The standard InChI is InChI=1S/C13H18N2O3/c1-9(13(17)18-2)15-12(16)11(14)8-10-6-4-3-5-7-10/h3-7,9,11H,8,14H2,1-2H3,(H,15,16)/t9-,11?/m0/s1. The van der Waals surface area contributed by atoms with E-state index in [1.807, 2.05) is 30.3 Å². The highest BCUT2D eigenvalue weighted by Gasteiger charge is 2.20. The number of nitrogens with one attached hydrogen (secondary N) is 1. The largest absolute Gasteiger partial charge is 0.467 e. The van der Waals surface area contributed by atoms with Crippen molar-refractivity contribution in [3.63, 3.8) is 0 Å². The molecule has 18 heavy (non-hydrogen) atoms. The van der Waals surface area contributed by atoms with Gasteiger partial charge in [-0.1, -0.05) is 30.3 Å². The predicted octanol–water partition coefficient (Wildman–Crippen LogP) is 0.234. The van der Waals surface area contributed by atoms with E-state index >= 15 is 0 Å². The number of esters is 1. The maximum absolute atomic E-state index is 11.7. The van der Waals surface area contributed by atoms with Crippen LogP contribution in [0.1, 0.15) is 12.5 Å². The molecule has 0 aliphatic rings. The summed E-state index contributed by atoms with van der Waals surface area (Å²) in [5.74, 6) is -0.855. The summed E-state index contributed by atoms with van der Waals surface area (Å²) in [4.78, 5) is 22.9. The van der Waals surface area contributed by atoms with Crippen LogP contribution in [0.25, 0.3) is 0 Å². The maximum Gasteiger partial charge on any atom is 0.328 e. The Hall–Kier alpha value is -1.88.